The van der Waals surface area contributed by atoms with Crippen LogP contribution in [0.5, 0.6) is 0 Å². The van der Waals surface area contributed by atoms with Crippen molar-refractivity contribution in [1.82, 2.24) is 19.6 Å². The van der Waals surface area contributed by atoms with Crippen molar-refractivity contribution >= 4 is 10.0 Å². The molecule has 2 N–H and O–H groups in total. The first kappa shape index (κ1) is 14.1. The molecule has 1 heterocycles. The van der Waals surface area contributed by atoms with E-state index in [2.05, 4.69) is 15.0 Å². The lowest BCUT2D eigenvalue weighted by molar-refractivity contribution is 0.572. The van der Waals surface area contributed by atoms with Crippen molar-refractivity contribution < 1.29 is 8.42 Å². The number of aryl methyl sites for hydroxylation is 1. The van der Waals surface area contributed by atoms with E-state index in [-0.39, 0.29) is 12.3 Å². The summed E-state index contributed by atoms with van der Waals surface area (Å²) in [6, 6.07) is 0. The van der Waals surface area contributed by atoms with E-state index in [1.807, 2.05) is 14.1 Å². The van der Waals surface area contributed by atoms with Gasteiger partial charge in [0.25, 0.3) is 0 Å². The van der Waals surface area contributed by atoms with Crippen molar-refractivity contribution in [1.29, 1.82) is 0 Å². The first-order chi connectivity index (χ1) is 8.05. The van der Waals surface area contributed by atoms with Gasteiger partial charge in [-0.3, -0.25) is 0 Å². The summed E-state index contributed by atoms with van der Waals surface area (Å²) in [6.07, 6.45) is 4.96. The van der Waals surface area contributed by atoms with E-state index in [4.69, 9.17) is 0 Å². The molecular weight excluding hydrogens is 240 g/mol. The molecule has 0 saturated carbocycles. The Morgan fingerprint density at radius 1 is 1.41 bits per heavy atom. The Labute approximate surface area is 102 Å². The summed E-state index contributed by atoms with van der Waals surface area (Å²) in [6.45, 7) is 1.09. The molecule has 0 aliphatic carbocycles. The lowest BCUT2D eigenvalue weighted by atomic mass is 10.3. The van der Waals surface area contributed by atoms with Crippen LogP contribution in [-0.2, 0) is 23.6 Å². The molecule has 1 rings (SSSR count). The average molecular weight is 260 g/mol. The van der Waals surface area contributed by atoms with Crippen molar-refractivity contribution in [3.05, 3.63) is 18.2 Å². The molecule has 0 aliphatic rings. The standard InChI is InChI=1S/C10H20N4O2S/c1-11-5-3-4-8-17(15,16)13-9-10-12-6-7-14(10)2/h6-7,11,13H,3-5,8-9H2,1-2H3. The van der Waals surface area contributed by atoms with Gasteiger partial charge in [-0.25, -0.2) is 18.1 Å². The summed E-state index contributed by atoms with van der Waals surface area (Å²) in [7, 11) is 0.506. The number of sulfonamides is 1. The van der Waals surface area contributed by atoms with Crippen LogP contribution in [0, 0.1) is 0 Å². The molecule has 0 spiro atoms. The smallest absolute Gasteiger partial charge is 0.212 e. The Balaban J connectivity index is 2.32. The lowest BCUT2D eigenvalue weighted by Gasteiger charge is -2.06. The molecule has 98 valence electrons. The van der Waals surface area contributed by atoms with Gasteiger partial charge < -0.3 is 9.88 Å². The van der Waals surface area contributed by atoms with E-state index in [1.54, 1.807) is 17.0 Å². The molecule has 6 nitrogen and oxygen atoms in total. The van der Waals surface area contributed by atoms with Crippen LogP contribution in [0.15, 0.2) is 12.4 Å². The molecule has 0 bridgehead atoms. The maximum atomic E-state index is 11.6. The highest BCUT2D eigenvalue weighted by Gasteiger charge is 2.10. The quantitative estimate of drug-likeness (QED) is 0.637. The number of rotatable bonds is 8. The fourth-order valence-electron chi connectivity index (χ4n) is 1.41. The fourth-order valence-corrected chi connectivity index (χ4v) is 2.48. The van der Waals surface area contributed by atoms with Gasteiger partial charge in [-0.15, -0.1) is 0 Å². The SMILES string of the molecule is CNCCCCS(=O)(=O)NCc1nccn1C. The summed E-state index contributed by atoms with van der Waals surface area (Å²) in [4.78, 5) is 4.05. The van der Waals surface area contributed by atoms with Crippen molar-refractivity contribution in [3.8, 4) is 0 Å². The molecule has 0 atom stereocenters. The van der Waals surface area contributed by atoms with Gasteiger partial charge in [-0.05, 0) is 26.4 Å². The van der Waals surface area contributed by atoms with Gasteiger partial charge >= 0.3 is 0 Å². The molecule has 0 fully saturated rings. The number of imidazole rings is 1. The largest absolute Gasteiger partial charge is 0.337 e. The molecule has 0 aliphatic heterocycles. The number of unbranched alkanes of at least 4 members (excludes halogenated alkanes) is 1. The second-order valence-electron chi connectivity index (χ2n) is 3.91. The van der Waals surface area contributed by atoms with E-state index in [0.29, 0.717) is 12.2 Å². The van der Waals surface area contributed by atoms with Gasteiger partial charge in [-0.1, -0.05) is 0 Å². The zero-order chi connectivity index (χ0) is 12.7. The van der Waals surface area contributed by atoms with Crippen molar-refractivity contribution in [2.45, 2.75) is 19.4 Å². The minimum Gasteiger partial charge on any atom is -0.337 e. The Morgan fingerprint density at radius 2 is 2.18 bits per heavy atom. The third-order valence-electron chi connectivity index (χ3n) is 2.46. The monoisotopic (exact) mass is 260 g/mol. The topological polar surface area (TPSA) is 76.0 Å². The van der Waals surface area contributed by atoms with Crippen molar-refractivity contribution in [3.63, 3.8) is 0 Å². The first-order valence-corrected chi connectivity index (χ1v) is 7.28. The molecule has 0 unspecified atom stereocenters. The van der Waals surface area contributed by atoms with Gasteiger partial charge in [0.15, 0.2) is 0 Å². The van der Waals surface area contributed by atoms with Crippen LogP contribution in [-0.4, -0.2) is 37.3 Å². The van der Waals surface area contributed by atoms with E-state index >= 15 is 0 Å². The predicted octanol–water partition coefficient (Wildman–Crippen LogP) is -0.161. The van der Waals surface area contributed by atoms with E-state index in [0.717, 1.165) is 13.0 Å². The van der Waals surface area contributed by atoms with Crippen LogP contribution >= 0.6 is 0 Å². The maximum absolute atomic E-state index is 11.6. The second-order valence-corrected chi connectivity index (χ2v) is 5.83. The predicted molar refractivity (Wildman–Crippen MR) is 67.0 cm³/mol. The Bertz CT molecular complexity index is 427. The normalized spacial score (nSPS) is 11.9. The Morgan fingerprint density at radius 3 is 2.76 bits per heavy atom. The summed E-state index contributed by atoms with van der Waals surface area (Å²) in [5, 5.41) is 2.99. The molecule has 0 amide bonds. The minimum absolute atomic E-state index is 0.166. The third-order valence-corrected chi connectivity index (χ3v) is 3.87. The number of hydrogen-bond acceptors (Lipinski definition) is 4. The summed E-state index contributed by atoms with van der Waals surface area (Å²) >= 11 is 0. The van der Waals surface area contributed by atoms with Gasteiger partial charge in [0.2, 0.25) is 10.0 Å². The number of aromatic nitrogens is 2. The molecular formula is C10H20N4O2S. The van der Waals surface area contributed by atoms with Crippen LogP contribution in [0.3, 0.4) is 0 Å². The van der Waals surface area contributed by atoms with Crippen molar-refractivity contribution in [2.24, 2.45) is 7.05 Å². The van der Waals surface area contributed by atoms with E-state index < -0.39 is 10.0 Å². The molecule has 0 radical (unpaired) electrons. The number of nitrogens with zero attached hydrogens (tertiary/aromatic N) is 2. The van der Waals surface area contributed by atoms with Gasteiger partial charge in [0, 0.05) is 19.4 Å². The highest BCUT2D eigenvalue weighted by Crippen LogP contribution is 1.98. The Hall–Kier alpha value is -0.920. The van der Waals surface area contributed by atoms with Crippen LogP contribution in [0.4, 0.5) is 0 Å². The highest BCUT2D eigenvalue weighted by atomic mass is 32.2. The summed E-state index contributed by atoms with van der Waals surface area (Å²) in [5.74, 6) is 0.878. The zero-order valence-electron chi connectivity index (χ0n) is 10.3. The molecule has 0 saturated heterocycles. The molecule has 1 aromatic heterocycles. The molecule has 17 heavy (non-hydrogen) atoms. The second kappa shape index (κ2) is 6.73. The average Bonchev–Trinajstić information content (AvgIpc) is 2.68. The third kappa shape index (κ3) is 5.29. The van der Waals surface area contributed by atoms with Crippen LogP contribution < -0.4 is 10.0 Å². The first-order valence-electron chi connectivity index (χ1n) is 5.63. The van der Waals surface area contributed by atoms with Crippen LogP contribution in [0.1, 0.15) is 18.7 Å². The fraction of sp³-hybridized carbons (Fsp3) is 0.700. The van der Waals surface area contributed by atoms with E-state index in [9.17, 15) is 8.42 Å². The van der Waals surface area contributed by atoms with Gasteiger partial charge in [0.05, 0.1) is 12.3 Å². The van der Waals surface area contributed by atoms with Crippen LogP contribution in [0.2, 0.25) is 0 Å². The van der Waals surface area contributed by atoms with E-state index in [1.165, 1.54) is 0 Å². The Kier molecular flexibility index (Phi) is 5.60. The van der Waals surface area contributed by atoms with Gasteiger partial charge in [0.1, 0.15) is 5.82 Å². The summed E-state index contributed by atoms with van der Waals surface area (Å²) in [5.41, 5.74) is 0. The molecule has 1 aromatic rings. The van der Waals surface area contributed by atoms with Crippen LogP contribution in [0.25, 0.3) is 0 Å². The zero-order valence-corrected chi connectivity index (χ0v) is 11.1. The number of hydrogen-bond donors (Lipinski definition) is 2. The number of nitrogens with one attached hydrogen (secondary N) is 2. The highest BCUT2D eigenvalue weighted by molar-refractivity contribution is 7.89. The summed E-state index contributed by atoms with van der Waals surface area (Å²) < 4.78 is 27.6. The molecule has 7 heteroatoms. The maximum Gasteiger partial charge on any atom is 0.212 e. The van der Waals surface area contributed by atoms with Crippen molar-refractivity contribution in [2.75, 3.05) is 19.3 Å². The minimum atomic E-state index is -3.19. The molecule has 0 aromatic carbocycles. The van der Waals surface area contributed by atoms with Gasteiger partial charge in [-0.2, -0.15) is 0 Å². The lowest BCUT2D eigenvalue weighted by Crippen LogP contribution is -2.27.